The van der Waals surface area contributed by atoms with Gasteiger partial charge in [-0.3, -0.25) is 0 Å². The van der Waals surface area contributed by atoms with Gasteiger partial charge in [0.1, 0.15) is 0 Å². The molecule has 0 unspecified atom stereocenters. The van der Waals surface area contributed by atoms with Crippen LogP contribution in [0.4, 0.5) is 0 Å². The first-order valence-corrected chi connectivity index (χ1v) is 51.6. The van der Waals surface area contributed by atoms with E-state index in [2.05, 4.69) is 610 Å². The molecule has 0 bridgehead atoms. The number of aromatic nitrogens is 6. The molecule has 150 heavy (non-hydrogen) atoms. The Bertz CT molecular complexity index is 10400. The second kappa shape index (κ2) is 37.4. The van der Waals surface area contributed by atoms with Gasteiger partial charge in [0, 0.05) is 98.8 Å². The molecule has 6 aromatic heterocycles. The first kappa shape index (κ1) is 87.8. The Morgan fingerprint density at radius 3 is 0.500 bits per heavy atom. The SMILES string of the molecule is c1ccc(-c2ccc(-n3c4ccc(-c5ccc6c(c5)c5ccccc5n6-c5ccccc5)cc4c4ccc(-c5ccccc5)cc43)cc2)cc1.c1ccc(-c2ccc(-n3c4ccc(-c5ccccc5)cc4c4cc(-c5ccc6c(c5)c5ccccc5n6-c5ccccc5)ccc43)cc2)cc1.c1ccc(-c2cccc(-n3c4ccccc4c4cc(-c5ccc6c(c5)c5ccc(-c7ccccc7)cc5n6-c5ccccc5)ccc43)c2)cc1. The van der Waals surface area contributed by atoms with Gasteiger partial charge in [0.2, 0.25) is 0 Å². The highest BCUT2D eigenvalue weighted by molar-refractivity contribution is 6.18. The van der Waals surface area contributed by atoms with Crippen molar-refractivity contribution in [3.63, 3.8) is 0 Å². The molecule has 0 radical (unpaired) electrons. The van der Waals surface area contributed by atoms with Crippen molar-refractivity contribution in [3.05, 3.63) is 582 Å². The smallest absolute Gasteiger partial charge is 0.0547 e. The maximum absolute atomic E-state index is 2.42. The Morgan fingerprint density at radius 2 is 0.227 bits per heavy atom. The zero-order valence-electron chi connectivity index (χ0n) is 82.1. The number of hydrogen-bond acceptors (Lipinski definition) is 0. The van der Waals surface area contributed by atoms with E-state index in [-0.39, 0.29) is 0 Å². The molecule has 0 aliphatic carbocycles. The molecule has 30 rings (SSSR count). The molecular weight excluding hydrogens is 1810 g/mol. The predicted molar refractivity (Wildman–Crippen MR) is 634 cm³/mol. The zero-order valence-corrected chi connectivity index (χ0v) is 82.1. The molecular formula is C144H96N6. The van der Waals surface area contributed by atoms with Crippen LogP contribution in [0.5, 0.6) is 0 Å². The topological polar surface area (TPSA) is 29.6 Å². The summed E-state index contributed by atoms with van der Waals surface area (Å²) in [6.45, 7) is 0. The summed E-state index contributed by atoms with van der Waals surface area (Å²) in [5.41, 5.74) is 43.3. The van der Waals surface area contributed by atoms with Crippen molar-refractivity contribution in [3.8, 4) is 134 Å². The van der Waals surface area contributed by atoms with Crippen LogP contribution in [0, 0.1) is 0 Å². The number of para-hydroxylation sites is 6. The van der Waals surface area contributed by atoms with E-state index in [1.54, 1.807) is 0 Å². The highest BCUT2D eigenvalue weighted by Gasteiger charge is 2.24. The molecule has 0 saturated heterocycles. The van der Waals surface area contributed by atoms with Crippen molar-refractivity contribution >= 4 is 131 Å². The number of rotatable bonds is 15. The van der Waals surface area contributed by atoms with Crippen LogP contribution < -0.4 is 0 Å². The lowest BCUT2D eigenvalue weighted by molar-refractivity contribution is 1.18. The third-order valence-electron chi connectivity index (χ3n) is 30.4. The van der Waals surface area contributed by atoms with Gasteiger partial charge in [0.15, 0.2) is 0 Å². The van der Waals surface area contributed by atoms with E-state index in [1.165, 1.54) is 242 Å². The molecule has 0 saturated carbocycles. The van der Waals surface area contributed by atoms with Gasteiger partial charge in [-0.2, -0.15) is 0 Å². The largest absolute Gasteiger partial charge is 0.309 e. The summed E-state index contributed by atoms with van der Waals surface area (Å²) >= 11 is 0. The molecule has 0 atom stereocenters. The van der Waals surface area contributed by atoms with Gasteiger partial charge in [0.05, 0.1) is 66.2 Å². The van der Waals surface area contributed by atoms with Gasteiger partial charge in [-0.05, 0) is 288 Å². The Morgan fingerprint density at radius 1 is 0.0733 bits per heavy atom. The summed E-state index contributed by atoms with van der Waals surface area (Å²) in [4.78, 5) is 0. The van der Waals surface area contributed by atoms with E-state index in [0.29, 0.717) is 0 Å². The van der Waals surface area contributed by atoms with Crippen molar-refractivity contribution in [2.45, 2.75) is 0 Å². The molecule has 0 fully saturated rings. The fourth-order valence-corrected chi connectivity index (χ4v) is 23.2. The van der Waals surface area contributed by atoms with E-state index in [0.717, 1.165) is 22.7 Å². The minimum Gasteiger partial charge on any atom is -0.309 e. The van der Waals surface area contributed by atoms with E-state index in [1.807, 2.05) is 0 Å². The maximum Gasteiger partial charge on any atom is 0.0547 e. The molecule has 30 aromatic rings. The van der Waals surface area contributed by atoms with Gasteiger partial charge in [0.25, 0.3) is 0 Å². The number of fused-ring (bicyclic) bond motifs is 18. The van der Waals surface area contributed by atoms with E-state index >= 15 is 0 Å². The van der Waals surface area contributed by atoms with Gasteiger partial charge in [-0.25, -0.2) is 0 Å². The quantitative estimate of drug-likeness (QED) is 0.0979. The van der Waals surface area contributed by atoms with Crippen LogP contribution in [-0.4, -0.2) is 27.4 Å². The van der Waals surface area contributed by atoms with Crippen LogP contribution in [0.15, 0.2) is 582 Å². The third kappa shape index (κ3) is 15.6. The normalized spacial score (nSPS) is 11.6. The Labute approximate surface area is 868 Å². The standard InChI is InChI=1S/3C48H32N2/c1-4-13-33(14-5-1)35-17-12-20-40(29-35)50-45-22-11-10-21-41(45)43-30-36(25-28-47(43)50)37-24-27-46-44(31-37)42-26-23-38(34-15-6-2-7-16-34)32-48(42)49(46)39-18-8-3-9-19-39;1-4-12-33(13-5-1)35-20-25-40(26-21-35)50-47-29-24-37(31-44(47)42-27-22-38(32-48(42)50)34-14-6-2-7-15-34)36-23-28-46-43(30-36)41-18-10-11-19-45(41)49(46)39-16-8-3-9-17-39;1-4-12-33(13-5-1)35-20-25-40(26-21-35)50-47-27-22-36(34-14-6-2-7-15-34)30-43(47)44-32-38(24-29-48(44)50)37-23-28-46-42(31-37)41-18-10-11-19-45(41)49(46)39-16-8-3-9-17-39/h3*1-32H. The maximum atomic E-state index is 2.42. The molecule has 24 aromatic carbocycles. The molecule has 0 amide bonds. The summed E-state index contributed by atoms with van der Waals surface area (Å²) in [7, 11) is 0. The van der Waals surface area contributed by atoms with Gasteiger partial charge >= 0.3 is 0 Å². The molecule has 702 valence electrons. The van der Waals surface area contributed by atoms with Crippen molar-refractivity contribution in [2.24, 2.45) is 0 Å². The van der Waals surface area contributed by atoms with Crippen LogP contribution in [0.1, 0.15) is 0 Å². The molecule has 6 nitrogen and oxygen atoms in total. The van der Waals surface area contributed by atoms with Crippen LogP contribution in [0.25, 0.3) is 265 Å². The van der Waals surface area contributed by atoms with Gasteiger partial charge in [-0.1, -0.05) is 394 Å². The monoisotopic (exact) mass is 1910 g/mol. The lowest BCUT2D eigenvalue weighted by Crippen LogP contribution is -1.94. The second-order valence-electron chi connectivity index (χ2n) is 39.0. The van der Waals surface area contributed by atoms with Crippen LogP contribution in [0.3, 0.4) is 0 Å². The van der Waals surface area contributed by atoms with Crippen LogP contribution in [0.2, 0.25) is 0 Å². The third-order valence-corrected chi connectivity index (χ3v) is 30.4. The Hall–Kier alpha value is -19.9. The van der Waals surface area contributed by atoms with Crippen molar-refractivity contribution < 1.29 is 0 Å². The minimum absolute atomic E-state index is 1.15. The summed E-state index contributed by atoms with van der Waals surface area (Å²) in [6, 6.07) is 211. The number of nitrogens with zero attached hydrogens (tertiary/aromatic N) is 6. The molecule has 6 heteroatoms. The summed E-state index contributed by atoms with van der Waals surface area (Å²) < 4.78 is 14.4. The fourth-order valence-electron chi connectivity index (χ4n) is 23.2. The zero-order chi connectivity index (χ0) is 99.1. The van der Waals surface area contributed by atoms with Gasteiger partial charge < -0.3 is 27.4 Å². The number of hydrogen-bond donors (Lipinski definition) is 0. The fraction of sp³-hybridized carbons (Fsp3) is 0. The predicted octanol–water partition coefficient (Wildman–Crippen LogP) is 38.6. The average Bonchev–Trinajstić information content (AvgIpc) is 1.58. The average molecular weight is 1910 g/mol. The minimum atomic E-state index is 1.15. The highest BCUT2D eigenvalue weighted by Crippen LogP contribution is 2.47. The molecule has 0 spiro atoms. The molecule has 6 heterocycles. The van der Waals surface area contributed by atoms with Crippen molar-refractivity contribution in [1.82, 2.24) is 27.4 Å². The first-order chi connectivity index (χ1) is 74.4. The molecule has 0 aliphatic rings. The lowest BCUT2D eigenvalue weighted by atomic mass is 9.99. The van der Waals surface area contributed by atoms with E-state index in [9.17, 15) is 0 Å². The number of benzene rings is 24. The van der Waals surface area contributed by atoms with Crippen LogP contribution >= 0.6 is 0 Å². The van der Waals surface area contributed by atoms with E-state index in [4.69, 9.17) is 0 Å². The molecule has 0 aliphatic heterocycles. The Balaban J connectivity index is 0.000000108. The first-order valence-electron chi connectivity index (χ1n) is 51.6. The molecule has 0 N–H and O–H groups in total. The van der Waals surface area contributed by atoms with Crippen molar-refractivity contribution in [2.75, 3.05) is 0 Å². The summed E-state index contributed by atoms with van der Waals surface area (Å²) in [5.74, 6) is 0. The van der Waals surface area contributed by atoms with E-state index < -0.39 is 0 Å². The van der Waals surface area contributed by atoms with Gasteiger partial charge in [-0.15, -0.1) is 0 Å². The van der Waals surface area contributed by atoms with Crippen molar-refractivity contribution in [1.29, 1.82) is 0 Å². The highest BCUT2D eigenvalue weighted by atomic mass is 15.0. The summed E-state index contributed by atoms with van der Waals surface area (Å²) in [5, 5.41) is 15.0. The Kier molecular flexibility index (Phi) is 21.9. The lowest BCUT2D eigenvalue weighted by Gasteiger charge is -2.11. The second-order valence-corrected chi connectivity index (χ2v) is 39.0. The van der Waals surface area contributed by atoms with Crippen LogP contribution in [-0.2, 0) is 0 Å². The summed E-state index contributed by atoms with van der Waals surface area (Å²) in [6.07, 6.45) is 0.